The molecule has 0 saturated carbocycles. The zero-order chi connectivity index (χ0) is 14.0. The van der Waals surface area contributed by atoms with E-state index in [2.05, 4.69) is 48.0 Å². The van der Waals surface area contributed by atoms with Crippen molar-refractivity contribution >= 4 is 33.5 Å². The number of halogens is 1. The Labute approximate surface area is 126 Å². The van der Waals surface area contributed by atoms with Gasteiger partial charge in [-0.2, -0.15) is 0 Å². The second-order valence-corrected chi connectivity index (χ2v) is 6.57. The number of ketones is 1. The molecule has 0 aliphatic rings. The van der Waals surface area contributed by atoms with E-state index in [1.807, 2.05) is 18.2 Å². The van der Waals surface area contributed by atoms with Crippen LogP contribution < -0.4 is 0 Å². The highest BCUT2D eigenvalue weighted by Gasteiger charge is 2.10. The molecule has 0 fully saturated rings. The second kappa shape index (κ2) is 5.93. The number of carbonyl (C=O) groups excluding carboxylic acids is 1. The molecule has 3 heteroatoms. The zero-order valence-electron chi connectivity index (χ0n) is 11.2. The lowest BCUT2D eigenvalue weighted by Crippen LogP contribution is -1.95. The van der Waals surface area contributed by atoms with Crippen LogP contribution in [0.3, 0.4) is 0 Å². The van der Waals surface area contributed by atoms with Crippen molar-refractivity contribution in [3.8, 4) is 0 Å². The van der Waals surface area contributed by atoms with Crippen LogP contribution >= 0.6 is 27.7 Å². The normalized spacial score (nSPS) is 10.5. The topological polar surface area (TPSA) is 17.1 Å². The van der Waals surface area contributed by atoms with Crippen molar-refractivity contribution in [3.63, 3.8) is 0 Å². The van der Waals surface area contributed by atoms with Gasteiger partial charge in [0.25, 0.3) is 0 Å². The molecule has 0 bridgehead atoms. The van der Waals surface area contributed by atoms with Crippen molar-refractivity contribution in [1.29, 1.82) is 0 Å². The van der Waals surface area contributed by atoms with E-state index in [9.17, 15) is 4.79 Å². The molecule has 19 heavy (non-hydrogen) atoms. The van der Waals surface area contributed by atoms with E-state index in [0.29, 0.717) is 0 Å². The van der Waals surface area contributed by atoms with Crippen LogP contribution in [0.2, 0.25) is 0 Å². The lowest BCUT2D eigenvalue weighted by Gasteiger charge is -2.10. The van der Waals surface area contributed by atoms with Gasteiger partial charge in [0, 0.05) is 19.8 Å². The predicted octanol–water partition coefficient (Wildman–Crippen LogP) is 5.42. The first kappa shape index (κ1) is 14.4. The van der Waals surface area contributed by atoms with Crippen molar-refractivity contribution < 1.29 is 4.79 Å². The maximum Gasteiger partial charge on any atom is 0.160 e. The van der Waals surface area contributed by atoms with Gasteiger partial charge in [0.2, 0.25) is 0 Å². The van der Waals surface area contributed by atoms with Crippen molar-refractivity contribution in [2.24, 2.45) is 0 Å². The standard InChI is InChI=1S/C16H15BrOS/c1-10-4-5-11(2)16(8-10)19-15-7-6-13(17)9-14(15)12(3)18/h4-9H,1-3H3. The van der Waals surface area contributed by atoms with E-state index in [4.69, 9.17) is 0 Å². The summed E-state index contributed by atoms with van der Waals surface area (Å²) in [6, 6.07) is 12.2. The van der Waals surface area contributed by atoms with E-state index in [1.165, 1.54) is 16.0 Å². The summed E-state index contributed by atoms with van der Waals surface area (Å²) in [5, 5.41) is 0. The van der Waals surface area contributed by atoms with Crippen LogP contribution in [-0.4, -0.2) is 5.78 Å². The number of Topliss-reactive ketones (excluding diaryl/α,β-unsaturated/α-hetero) is 1. The number of hydrogen-bond acceptors (Lipinski definition) is 2. The SMILES string of the molecule is CC(=O)c1cc(Br)ccc1Sc1cc(C)ccc1C. The summed E-state index contributed by atoms with van der Waals surface area (Å²) < 4.78 is 0.933. The molecular weight excluding hydrogens is 320 g/mol. The molecule has 2 aromatic carbocycles. The fraction of sp³-hybridized carbons (Fsp3) is 0.188. The largest absolute Gasteiger partial charge is 0.294 e. The Hall–Kier alpha value is -1.06. The smallest absolute Gasteiger partial charge is 0.160 e. The van der Waals surface area contributed by atoms with Crippen molar-refractivity contribution in [3.05, 3.63) is 57.6 Å². The Morgan fingerprint density at radius 3 is 2.47 bits per heavy atom. The van der Waals surface area contributed by atoms with Crippen LogP contribution in [0.5, 0.6) is 0 Å². The Bertz CT molecular complexity index is 635. The van der Waals surface area contributed by atoms with Gasteiger partial charge in [0.05, 0.1) is 0 Å². The molecule has 0 aliphatic heterocycles. The number of hydrogen-bond donors (Lipinski definition) is 0. The average Bonchev–Trinajstić information content (AvgIpc) is 2.35. The fourth-order valence-corrected chi connectivity index (χ4v) is 3.32. The van der Waals surface area contributed by atoms with E-state index >= 15 is 0 Å². The quantitative estimate of drug-likeness (QED) is 0.697. The number of rotatable bonds is 3. The summed E-state index contributed by atoms with van der Waals surface area (Å²) in [4.78, 5) is 13.9. The molecule has 2 rings (SSSR count). The molecule has 0 saturated heterocycles. The number of benzene rings is 2. The highest BCUT2D eigenvalue weighted by Crippen LogP contribution is 2.34. The van der Waals surface area contributed by atoms with E-state index in [0.717, 1.165) is 14.9 Å². The minimum atomic E-state index is 0.0918. The van der Waals surface area contributed by atoms with Crippen LogP contribution in [0.25, 0.3) is 0 Å². The van der Waals surface area contributed by atoms with Crippen molar-refractivity contribution in [1.82, 2.24) is 0 Å². The molecule has 2 aromatic rings. The summed E-state index contributed by atoms with van der Waals surface area (Å²) >= 11 is 5.07. The van der Waals surface area contributed by atoms with E-state index in [1.54, 1.807) is 18.7 Å². The molecule has 0 radical (unpaired) electrons. The summed E-state index contributed by atoms with van der Waals surface area (Å²) in [5.41, 5.74) is 3.22. The first-order valence-electron chi connectivity index (χ1n) is 6.03. The summed E-state index contributed by atoms with van der Waals surface area (Å²) in [6.45, 7) is 5.78. The summed E-state index contributed by atoms with van der Waals surface area (Å²) in [7, 11) is 0. The van der Waals surface area contributed by atoms with Gasteiger partial charge in [0.15, 0.2) is 5.78 Å². The third-order valence-electron chi connectivity index (χ3n) is 2.88. The zero-order valence-corrected chi connectivity index (χ0v) is 13.6. The molecule has 0 amide bonds. The first-order valence-corrected chi connectivity index (χ1v) is 7.64. The van der Waals surface area contributed by atoms with Gasteiger partial charge in [-0.05, 0) is 56.2 Å². The summed E-state index contributed by atoms with van der Waals surface area (Å²) in [5.74, 6) is 0.0918. The number of carbonyl (C=O) groups is 1. The van der Waals surface area contributed by atoms with Gasteiger partial charge in [-0.1, -0.05) is 39.8 Å². The van der Waals surface area contributed by atoms with Crippen LogP contribution in [-0.2, 0) is 0 Å². The van der Waals surface area contributed by atoms with Crippen LogP contribution in [0, 0.1) is 13.8 Å². The van der Waals surface area contributed by atoms with Crippen LogP contribution in [0.1, 0.15) is 28.4 Å². The minimum Gasteiger partial charge on any atom is -0.294 e. The Morgan fingerprint density at radius 2 is 1.79 bits per heavy atom. The maximum absolute atomic E-state index is 11.7. The van der Waals surface area contributed by atoms with Crippen LogP contribution in [0.4, 0.5) is 0 Å². The third kappa shape index (κ3) is 3.48. The van der Waals surface area contributed by atoms with Crippen molar-refractivity contribution in [2.75, 3.05) is 0 Å². The fourth-order valence-electron chi connectivity index (χ4n) is 1.80. The van der Waals surface area contributed by atoms with Gasteiger partial charge in [0.1, 0.15) is 0 Å². The van der Waals surface area contributed by atoms with Gasteiger partial charge in [-0.25, -0.2) is 0 Å². The molecule has 0 unspecified atom stereocenters. The van der Waals surface area contributed by atoms with Gasteiger partial charge in [-0.3, -0.25) is 4.79 Å². The lowest BCUT2D eigenvalue weighted by molar-refractivity contribution is 0.101. The minimum absolute atomic E-state index is 0.0918. The highest BCUT2D eigenvalue weighted by molar-refractivity contribution is 9.10. The predicted molar refractivity (Wildman–Crippen MR) is 84.2 cm³/mol. The molecule has 0 N–H and O–H groups in total. The van der Waals surface area contributed by atoms with E-state index in [-0.39, 0.29) is 5.78 Å². The summed E-state index contributed by atoms with van der Waals surface area (Å²) in [6.07, 6.45) is 0. The average molecular weight is 335 g/mol. The van der Waals surface area contributed by atoms with Gasteiger partial charge in [-0.15, -0.1) is 0 Å². The lowest BCUT2D eigenvalue weighted by atomic mass is 10.1. The monoisotopic (exact) mass is 334 g/mol. The van der Waals surface area contributed by atoms with E-state index < -0.39 is 0 Å². The number of aryl methyl sites for hydroxylation is 2. The van der Waals surface area contributed by atoms with Crippen LogP contribution in [0.15, 0.2) is 50.7 Å². The van der Waals surface area contributed by atoms with Gasteiger partial charge >= 0.3 is 0 Å². The highest BCUT2D eigenvalue weighted by atomic mass is 79.9. The van der Waals surface area contributed by atoms with Crippen molar-refractivity contribution in [2.45, 2.75) is 30.6 Å². The first-order chi connectivity index (χ1) is 8.97. The Kier molecular flexibility index (Phi) is 4.48. The third-order valence-corrected chi connectivity index (χ3v) is 4.61. The molecular formula is C16H15BrOS. The second-order valence-electron chi connectivity index (χ2n) is 4.57. The molecule has 0 aliphatic carbocycles. The Morgan fingerprint density at radius 1 is 1.05 bits per heavy atom. The molecule has 1 nitrogen and oxygen atoms in total. The maximum atomic E-state index is 11.7. The molecule has 0 spiro atoms. The molecule has 98 valence electrons. The van der Waals surface area contributed by atoms with Gasteiger partial charge < -0.3 is 0 Å². The molecule has 0 heterocycles. The molecule has 0 atom stereocenters. The molecule has 0 aromatic heterocycles. The Balaban J connectivity index is 2.43.